The summed E-state index contributed by atoms with van der Waals surface area (Å²) < 4.78 is 7.02. The van der Waals surface area contributed by atoms with Gasteiger partial charge in [-0.1, -0.05) is 6.07 Å². The van der Waals surface area contributed by atoms with Gasteiger partial charge in [0.25, 0.3) is 11.5 Å². The fourth-order valence-corrected chi connectivity index (χ4v) is 3.34. The second-order valence-corrected chi connectivity index (χ2v) is 6.48. The molecular weight excluding hydrogens is 330 g/mol. The summed E-state index contributed by atoms with van der Waals surface area (Å²) in [5.41, 5.74) is 2.61. The van der Waals surface area contributed by atoms with E-state index in [4.69, 9.17) is 4.74 Å². The molecule has 0 saturated heterocycles. The maximum absolute atomic E-state index is 12.7. The molecule has 0 radical (unpaired) electrons. The number of rotatable bonds is 3. The van der Waals surface area contributed by atoms with Gasteiger partial charge in [-0.3, -0.25) is 14.2 Å². The van der Waals surface area contributed by atoms with Crippen LogP contribution in [-0.2, 0) is 13.0 Å². The van der Waals surface area contributed by atoms with E-state index < -0.39 is 0 Å². The smallest absolute Gasteiger partial charge is 0.261 e. The molecule has 6 nitrogen and oxygen atoms in total. The van der Waals surface area contributed by atoms with Crippen molar-refractivity contribution in [2.75, 3.05) is 12.4 Å². The fraction of sp³-hybridized carbons (Fsp3) is 0.250. The number of carbonyl (C=O) groups excluding carboxylic acids is 1. The molecular formula is C20H19N3O3. The Kier molecular flexibility index (Phi) is 3.95. The minimum Gasteiger partial charge on any atom is -0.495 e. The van der Waals surface area contributed by atoms with Gasteiger partial charge in [0.1, 0.15) is 11.6 Å². The molecule has 2 heterocycles. The monoisotopic (exact) mass is 349 g/mol. The quantitative estimate of drug-likeness (QED) is 0.789. The zero-order chi connectivity index (χ0) is 18.3. The van der Waals surface area contributed by atoms with Gasteiger partial charge in [-0.15, -0.1) is 0 Å². The predicted octanol–water partition coefficient (Wildman–Crippen LogP) is 2.91. The third kappa shape index (κ3) is 2.73. The van der Waals surface area contributed by atoms with Gasteiger partial charge in [-0.05, 0) is 49.2 Å². The van der Waals surface area contributed by atoms with Crippen molar-refractivity contribution in [3.05, 3.63) is 63.7 Å². The molecule has 3 aromatic rings. The molecule has 0 saturated carbocycles. The van der Waals surface area contributed by atoms with Gasteiger partial charge < -0.3 is 10.1 Å². The average Bonchev–Trinajstić information content (AvgIpc) is 3.10. The van der Waals surface area contributed by atoms with Crippen LogP contribution in [0.25, 0.3) is 10.9 Å². The molecule has 0 spiro atoms. The zero-order valence-electron chi connectivity index (χ0n) is 14.7. The molecule has 6 heteroatoms. The Morgan fingerprint density at radius 2 is 2.08 bits per heavy atom. The standard InChI is InChI=1S/C20H19N3O3/c1-12-5-8-17(26-2)16(10-12)22-19(24)13-6-7-14-15(11-13)21-18-4-3-9-23(18)20(14)25/h5-8,10-11H,3-4,9H2,1-2H3,(H,22,24). The molecule has 0 unspecified atom stereocenters. The maximum atomic E-state index is 12.7. The van der Waals surface area contributed by atoms with Crippen LogP contribution < -0.4 is 15.6 Å². The zero-order valence-corrected chi connectivity index (χ0v) is 14.7. The number of nitrogens with zero attached hydrogens (tertiary/aromatic N) is 2. The highest BCUT2D eigenvalue weighted by Gasteiger charge is 2.17. The first-order chi connectivity index (χ1) is 12.6. The first kappa shape index (κ1) is 16.3. The molecule has 0 aliphatic carbocycles. The normalized spacial score (nSPS) is 12.8. The van der Waals surface area contributed by atoms with Crippen LogP contribution in [0, 0.1) is 6.92 Å². The Hall–Kier alpha value is -3.15. The molecule has 1 amide bonds. The number of benzene rings is 2. The lowest BCUT2D eigenvalue weighted by atomic mass is 10.1. The second kappa shape index (κ2) is 6.29. The number of fused-ring (bicyclic) bond motifs is 2. The van der Waals surface area contributed by atoms with Crippen LogP contribution in [0.3, 0.4) is 0 Å². The number of carbonyl (C=O) groups is 1. The minimum atomic E-state index is -0.266. The van der Waals surface area contributed by atoms with E-state index in [0.29, 0.717) is 34.4 Å². The SMILES string of the molecule is COc1ccc(C)cc1NC(=O)c1ccc2c(=O)n3c(nc2c1)CCC3. The second-order valence-electron chi connectivity index (χ2n) is 6.48. The number of ether oxygens (including phenoxy) is 1. The molecule has 26 heavy (non-hydrogen) atoms. The van der Waals surface area contributed by atoms with E-state index in [2.05, 4.69) is 10.3 Å². The predicted molar refractivity (Wildman–Crippen MR) is 100 cm³/mol. The van der Waals surface area contributed by atoms with Crippen molar-refractivity contribution >= 4 is 22.5 Å². The number of anilines is 1. The van der Waals surface area contributed by atoms with Crippen molar-refractivity contribution in [2.45, 2.75) is 26.3 Å². The lowest BCUT2D eigenvalue weighted by Gasteiger charge is -2.11. The van der Waals surface area contributed by atoms with Gasteiger partial charge in [-0.2, -0.15) is 0 Å². The first-order valence-electron chi connectivity index (χ1n) is 8.56. The number of nitrogens with one attached hydrogen (secondary N) is 1. The van der Waals surface area contributed by atoms with Crippen molar-refractivity contribution in [1.82, 2.24) is 9.55 Å². The van der Waals surface area contributed by atoms with Crippen LogP contribution >= 0.6 is 0 Å². The Balaban J connectivity index is 1.71. The molecule has 1 aliphatic rings. The minimum absolute atomic E-state index is 0.0326. The maximum Gasteiger partial charge on any atom is 0.261 e. The molecule has 0 bridgehead atoms. The molecule has 1 aromatic heterocycles. The number of aryl methyl sites for hydroxylation is 2. The van der Waals surface area contributed by atoms with Gasteiger partial charge in [-0.25, -0.2) is 4.98 Å². The topological polar surface area (TPSA) is 73.2 Å². The van der Waals surface area contributed by atoms with Gasteiger partial charge >= 0.3 is 0 Å². The largest absolute Gasteiger partial charge is 0.495 e. The van der Waals surface area contributed by atoms with E-state index in [9.17, 15) is 9.59 Å². The molecule has 4 rings (SSSR count). The third-order valence-corrected chi connectivity index (χ3v) is 4.68. The van der Waals surface area contributed by atoms with Gasteiger partial charge in [0, 0.05) is 18.5 Å². The van der Waals surface area contributed by atoms with Gasteiger partial charge in [0.05, 0.1) is 23.7 Å². The number of methoxy groups -OCH3 is 1. The van der Waals surface area contributed by atoms with Crippen LogP contribution in [0.2, 0.25) is 0 Å². The van der Waals surface area contributed by atoms with Crippen LogP contribution in [0.5, 0.6) is 5.75 Å². The molecule has 0 atom stereocenters. The van der Waals surface area contributed by atoms with E-state index in [0.717, 1.165) is 24.2 Å². The number of amides is 1. The Labute approximate surface area is 150 Å². The summed E-state index contributed by atoms with van der Waals surface area (Å²) in [5, 5.41) is 3.42. The van der Waals surface area contributed by atoms with Crippen molar-refractivity contribution in [1.29, 1.82) is 0 Å². The van der Waals surface area contributed by atoms with Crippen LogP contribution in [0.15, 0.2) is 41.2 Å². The highest BCUT2D eigenvalue weighted by Crippen LogP contribution is 2.26. The van der Waals surface area contributed by atoms with Gasteiger partial charge in [0.2, 0.25) is 0 Å². The summed E-state index contributed by atoms with van der Waals surface area (Å²) in [6.45, 7) is 2.66. The van der Waals surface area contributed by atoms with E-state index in [1.54, 1.807) is 29.9 Å². The van der Waals surface area contributed by atoms with E-state index in [-0.39, 0.29) is 11.5 Å². The Bertz CT molecular complexity index is 1090. The van der Waals surface area contributed by atoms with Crippen molar-refractivity contribution in [2.24, 2.45) is 0 Å². The van der Waals surface area contributed by atoms with E-state index in [1.165, 1.54) is 0 Å². The molecule has 2 aromatic carbocycles. The summed E-state index contributed by atoms with van der Waals surface area (Å²) in [5.74, 6) is 1.12. The summed E-state index contributed by atoms with van der Waals surface area (Å²) in [6, 6.07) is 10.6. The molecule has 1 N–H and O–H groups in total. The Morgan fingerprint density at radius 3 is 2.88 bits per heavy atom. The highest BCUT2D eigenvalue weighted by atomic mass is 16.5. The van der Waals surface area contributed by atoms with Crippen LogP contribution in [-0.4, -0.2) is 22.6 Å². The van der Waals surface area contributed by atoms with E-state index in [1.807, 2.05) is 25.1 Å². The lowest BCUT2D eigenvalue weighted by molar-refractivity contribution is 0.102. The lowest BCUT2D eigenvalue weighted by Crippen LogP contribution is -2.21. The van der Waals surface area contributed by atoms with Crippen LogP contribution in [0.1, 0.15) is 28.2 Å². The number of hydrogen-bond donors (Lipinski definition) is 1. The molecule has 0 fully saturated rings. The van der Waals surface area contributed by atoms with Crippen molar-refractivity contribution in [3.63, 3.8) is 0 Å². The van der Waals surface area contributed by atoms with Crippen molar-refractivity contribution in [3.8, 4) is 5.75 Å². The number of aromatic nitrogens is 2. The summed E-state index contributed by atoms with van der Waals surface area (Å²) >= 11 is 0. The van der Waals surface area contributed by atoms with Crippen molar-refractivity contribution < 1.29 is 9.53 Å². The van der Waals surface area contributed by atoms with Gasteiger partial charge in [0.15, 0.2) is 0 Å². The van der Waals surface area contributed by atoms with Crippen LogP contribution in [0.4, 0.5) is 5.69 Å². The third-order valence-electron chi connectivity index (χ3n) is 4.68. The average molecular weight is 349 g/mol. The summed E-state index contributed by atoms with van der Waals surface area (Å²) in [4.78, 5) is 29.8. The highest BCUT2D eigenvalue weighted by molar-refractivity contribution is 6.06. The first-order valence-corrected chi connectivity index (χ1v) is 8.56. The van der Waals surface area contributed by atoms with E-state index >= 15 is 0 Å². The number of hydrogen-bond acceptors (Lipinski definition) is 4. The molecule has 132 valence electrons. The fourth-order valence-electron chi connectivity index (χ4n) is 3.34. The molecule has 1 aliphatic heterocycles. The summed E-state index contributed by atoms with van der Waals surface area (Å²) in [6.07, 6.45) is 1.72. The summed E-state index contributed by atoms with van der Waals surface area (Å²) in [7, 11) is 1.56. The Morgan fingerprint density at radius 1 is 1.23 bits per heavy atom.